The van der Waals surface area contributed by atoms with Crippen molar-refractivity contribution < 1.29 is 17.9 Å². The van der Waals surface area contributed by atoms with E-state index in [4.69, 9.17) is 4.74 Å². The Morgan fingerprint density at radius 3 is 2.35 bits per heavy atom. The van der Waals surface area contributed by atoms with E-state index in [2.05, 4.69) is 18.5 Å². The highest BCUT2D eigenvalue weighted by Gasteiger charge is 2.34. The molecule has 5 heteroatoms. The summed E-state index contributed by atoms with van der Waals surface area (Å²) in [5.41, 5.74) is 3.25. The van der Waals surface area contributed by atoms with Crippen LogP contribution in [0.3, 0.4) is 0 Å². The Bertz CT molecular complexity index is 539. The Morgan fingerprint density at radius 1 is 1.22 bits per heavy atom. The van der Waals surface area contributed by atoms with Crippen molar-refractivity contribution in [3.05, 3.63) is 59.3 Å². The molecule has 0 radical (unpaired) electrons. The first-order valence-electron chi connectivity index (χ1n) is 7.52. The summed E-state index contributed by atoms with van der Waals surface area (Å²) >= 11 is 0. The first kappa shape index (κ1) is 19.5. The van der Waals surface area contributed by atoms with Crippen molar-refractivity contribution in [2.75, 3.05) is 27.3 Å². The minimum Gasteiger partial charge on any atom is -0.376 e. The minimum absolute atomic E-state index is 0.0154. The first-order chi connectivity index (χ1) is 10.8. The Labute approximate surface area is 136 Å². The molecular formula is C18H24F3NO. The van der Waals surface area contributed by atoms with Gasteiger partial charge in [0, 0.05) is 5.57 Å². The van der Waals surface area contributed by atoms with Crippen LogP contribution >= 0.6 is 0 Å². The fourth-order valence-electron chi connectivity index (χ4n) is 2.45. The van der Waals surface area contributed by atoms with Crippen LogP contribution in [0.1, 0.15) is 19.3 Å². The SMILES string of the molecule is C=CC1=C(C(=C)C2=CC=C(C(F)(F)F)CC2)CCOC1.CNC. The van der Waals surface area contributed by atoms with Gasteiger partial charge in [-0.25, -0.2) is 0 Å². The molecule has 0 atom stereocenters. The normalized spacial score (nSPS) is 18.5. The second kappa shape index (κ2) is 8.89. The largest absolute Gasteiger partial charge is 0.412 e. The van der Waals surface area contributed by atoms with E-state index in [1.165, 1.54) is 6.08 Å². The maximum atomic E-state index is 12.6. The van der Waals surface area contributed by atoms with Gasteiger partial charge in [-0.1, -0.05) is 31.4 Å². The standard InChI is InChI=1S/C16H17F3O.C2H7N/c1-3-12-10-20-9-8-15(12)11(2)13-4-6-14(7-5-13)16(17,18)19;1-3-2/h3-4,6H,1-2,5,7-10H2;3H,1-2H3. The van der Waals surface area contributed by atoms with Crippen molar-refractivity contribution in [1.29, 1.82) is 0 Å². The molecule has 2 aliphatic rings. The number of allylic oxidation sites excluding steroid dienone is 5. The monoisotopic (exact) mass is 327 g/mol. The van der Waals surface area contributed by atoms with Crippen molar-refractivity contribution >= 4 is 0 Å². The van der Waals surface area contributed by atoms with Gasteiger partial charge in [0.15, 0.2) is 0 Å². The van der Waals surface area contributed by atoms with Crippen LogP contribution in [-0.4, -0.2) is 33.5 Å². The molecule has 0 fully saturated rings. The Morgan fingerprint density at radius 2 is 1.87 bits per heavy atom. The molecule has 0 aromatic heterocycles. The second-order valence-corrected chi connectivity index (χ2v) is 5.37. The zero-order chi connectivity index (χ0) is 17.5. The highest BCUT2D eigenvalue weighted by molar-refractivity contribution is 5.52. The maximum absolute atomic E-state index is 12.6. The van der Waals surface area contributed by atoms with Crippen molar-refractivity contribution in [2.24, 2.45) is 0 Å². The highest BCUT2D eigenvalue weighted by Crippen LogP contribution is 2.37. The molecule has 0 aromatic rings. The van der Waals surface area contributed by atoms with Gasteiger partial charge < -0.3 is 10.1 Å². The molecule has 1 N–H and O–H groups in total. The Hall–Kier alpha value is -1.59. The third kappa shape index (κ3) is 5.52. The average Bonchev–Trinajstić information content (AvgIpc) is 2.54. The van der Waals surface area contributed by atoms with E-state index in [-0.39, 0.29) is 6.42 Å². The van der Waals surface area contributed by atoms with Crippen LogP contribution in [0.5, 0.6) is 0 Å². The lowest BCUT2D eigenvalue weighted by atomic mass is 9.86. The molecule has 0 spiro atoms. The zero-order valence-electron chi connectivity index (χ0n) is 13.7. The van der Waals surface area contributed by atoms with Crippen LogP contribution < -0.4 is 5.32 Å². The molecule has 2 rings (SSSR count). The summed E-state index contributed by atoms with van der Waals surface area (Å²) in [5, 5.41) is 2.75. The average molecular weight is 327 g/mol. The van der Waals surface area contributed by atoms with Crippen LogP contribution in [0.4, 0.5) is 13.2 Å². The number of alkyl halides is 3. The van der Waals surface area contributed by atoms with E-state index in [0.717, 1.165) is 34.8 Å². The van der Waals surface area contributed by atoms with Crippen LogP contribution in [0.25, 0.3) is 0 Å². The quantitative estimate of drug-likeness (QED) is 0.824. The lowest BCUT2D eigenvalue weighted by Gasteiger charge is -2.24. The molecule has 0 amide bonds. The van der Waals surface area contributed by atoms with Crippen LogP contribution in [-0.2, 0) is 4.74 Å². The molecule has 0 saturated carbocycles. The van der Waals surface area contributed by atoms with E-state index < -0.39 is 11.7 Å². The zero-order valence-corrected chi connectivity index (χ0v) is 13.7. The van der Waals surface area contributed by atoms with Gasteiger partial charge in [0.05, 0.1) is 13.2 Å². The third-order valence-corrected chi connectivity index (χ3v) is 3.65. The van der Waals surface area contributed by atoms with E-state index in [9.17, 15) is 13.2 Å². The number of rotatable bonds is 3. The number of nitrogens with one attached hydrogen (secondary N) is 1. The summed E-state index contributed by atoms with van der Waals surface area (Å²) in [4.78, 5) is 0. The van der Waals surface area contributed by atoms with Crippen molar-refractivity contribution in [2.45, 2.75) is 25.4 Å². The van der Waals surface area contributed by atoms with E-state index in [1.54, 1.807) is 6.08 Å². The number of hydrogen-bond donors (Lipinski definition) is 1. The summed E-state index contributed by atoms with van der Waals surface area (Å²) < 4.78 is 43.1. The molecule has 2 nitrogen and oxygen atoms in total. The molecule has 0 aromatic carbocycles. The molecule has 1 aliphatic heterocycles. The van der Waals surface area contributed by atoms with Gasteiger partial charge in [0.2, 0.25) is 0 Å². The van der Waals surface area contributed by atoms with Crippen molar-refractivity contribution in [3.63, 3.8) is 0 Å². The summed E-state index contributed by atoms with van der Waals surface area (Å²) in [6.07, 6.45) is 1.33. The van der Waals surface area contributed by atoms with Crippen molar-refractivity contribution in [3.8, 4) is 0 Å². The minimum atomic E-state index is -4.23. The topological polar surface area (TPSA) is 21.3 Å². The van der Waals surface area contributed by atoms with Gasteiger partial charge >= 0.3 is 6.18 Å². The second-order valence-electron chi connectivity index (χ2n) is 5.37. The summed E-state index contributed by atoms with van der Waals surface area (Å²) in [5.74, 6) is 0. The molecule has 128 valence electrons. The summed E-state index contributed by atoms with van der Waals surface area (Å²) in [6.45, 7) is 8.90. The lowest BCUT2D eigenvalue weighted by Crippen LogP contribution is -2.15. The Kier molecular flexibility index (Phi) is 7.52. The van der Waals surface area contributed by atoms with Gasteiger partial charge in [-0.3, -0.25) is 0 Å². The van der Waals surface area contributed by atoms with Crippen LogP contribution in [0, 0.1) is 0 Å². The maximum Gasteiger partial charge on any atom is 0.412 e. The smallest absolute Gasteiger partial charge is 0.376 e. The predicted molar refractivity (Wildman–Crippen MR) is 88.2 cm³/mol. The molecule has 0 saturated heterocycles. The fraction of sp³-hybridized carbons (Fsp3) is 0.444. The molecule has 1 heterocycles. The highest BCUT2D eigenvalue weighted by atomic mass is 19.4. The van der Waals surface area contributed by atoms with Gasteiger partial charge in [-0.15, -0.1) is 0 Å². The summed E-state index contributed by atoms with van der Waals surface area (Å²) in [6, 6.07) is 0. The first-order valence-corrected chi connectivity index (χ1v) is 7.52. The molecule has 1 aliphatic carbocycles. The lowest BCUT2D eigenvalue weighted by molar-refractivity contribution is -0.0941. The molecule has 23 heavy (non-hydrogen) atoms. The Balaban J connectivity index is 0.000000816. The molecular weight excluding hydrogens is 303 g/mol. The van der Waals surface area contributed by atoms with Crippen molar-refractivity contribution in [1.82, 2.24) is 5.32 Å². The summed E-state index contributed by atoms with van der Waals surface area (Å²) in [7, 11) is 3.75. The van der Waals surface area contributed by atoms with E-state index >= 15 is 0 Å². The molecule has 0 unspecified atom stereocenters. The van der Waals surface area contributed by atoms with E-state index in [0.29, 0.717) is 19.6 Å². The number of ether oxygens (including phenoxy) is 1. The predicted octanol–water partition coefficient (Wildman–Crippen LogP) is 4.49. The third-order valence-electron chi connectivity index (χ3n) is 3.65. The van der Waals surface area contributed by atoms with Gasteiger partial charge in [-0.2, -0.15) is 13.2 Å². The fourth-order valence-corrected chi connectivity index (χ4v) is 2.45. The van der Waals surface area contributed by atoms with Crippen LogP contribution in [0.2, 0.25) is 0 Å². The van der Waals surface area contributed by atoms with E-state index in [1.807, 2.05) is 14.1 Å². The van der Waals surface area contributed by atoms with Gasteiger partial charge in [0.1, 0.15) is 0 Å². The van der Waals surface area contributed by atoms with Gasteiger partial charge in [-0.05, 0) is 55.7 Å². The van der Waals surface area contributed by atoms with Gasteiger partial charge in [0.25, 0.3) is 0 Å². The number of halogens is 3. The number of hydrogen-bond acceptors (Lipinski definition) is 2. The molecule has 0 bridgehead atoms. The van der Waals surface area contributed by atoms with Crippen LogP contribution in [0.15, 0.2) is 59.3 Å².